The van der Waals surface area contributed by atoms with E-state index in [1.807, 2.05) is 0 Å². The average molecular weight is 278 g/mol. The second kappa shape index (κ2) is 5.90. The zero-order chi connectivity index (χ0) is 12.3. The van der Waals surface area contributed by atoms with Gasteiger partial charge in [-0.25, -0.2) is 8.78 Å². The summed E-state index contributed by atoms with van der Waals surface area (Å²) in [7, 11) is 0. The predicted molar refractivity (Wildman–Crippen MR) is 54.6 cm³/mol. The van der Waals surface area contributed by atoms with Crippen LogP contribution in [0.5, 0.6) is 5.75 Å². The highest BCUT2D eigenvalue weighted by molar-refractivity contribution is 5.85. The van der Waals surface area contributed by atoms with Gasteiger partial charge in [0.15, 0.2) is 0 Å². The Morgan fingerprint density at radius 1 is 1.24 bits per heavy atom. The summed E-state index contributed by atoms with van der Waals surface area (Å²) in [6.45, 7) is -0.907. The third kappa shape index (κ3) is 4.64. The molecule has 2 N–H and O–H groups in total. The number of nitrogen functional groups attached to an aromatic ring is 1. The van der Waals surface area contributed by atoms with Crippen LogP contribution >= 0.6 is 12.4 Å². The lowest BCUT2D eigenvalue weighted by atomic mass is 10.2. The number of hydrogen-bond acceptors (Lipinski definition) is 2. The van der Waals surface area contributed by atoms with Crippen molar-refractivity contribution in [1.29, 1.82) is 0 Å². The summed E-state index contributed by atoms with van der Waals surface area (Å²) in [5.74, 6) is -0.187. The van der Waals surface area contributed by atoms with E-state index in [0.29, 0.717) is 6.07 Å². The van der Waals surface area contributed by atoms with E-state index in [9.17, 15) is 22.0 Å². The molecule has 0 aliphatic heterocycles. The minimum absolute atomic E-state index is 0. The fraction of sp³-hybridized carbons (Fsp3) is 0.333. The SMILES string of the molecule is Cl.Nc1cc(C(F)(F)F)ccc1OCC(F)F. The standard InChI is InChI=1S/C9H8F5NO.ClH/c10-8(11)4-16-7-2-1-5(3-6(7)15)9(12,13)14;/h1-3,8H,4,15H2;1H. The van der Waals surface area contributed by atoms with Crippen LogP contribution in [0.4, 0.5) is 27.6 Å². The first-order chi connectivity index (χ1) is 7.30. The second-order valence-corrected chi connectivity index (χ2v) is 2.95. The number of halogens is 6. The lowest BCUT2D eigenvalue weighted by Gasteiger charge is -2.11. The maximum atomic E-state index is 12.2. The van der Waals surface area contributed by atoms with Gasteiger partial charge in [0.1, 0.15) is 12.4 Å². The predicted octanol–water partition coefficient (Wildman–Crippen LogP) is 3.35. The molecule has 0 fully saturated rings. The number of anilines is 1. The normalized spacial score (nSPS) is 11.2. The van der Waals surface area contributed by atoms with Gasteiger partial charge in [0.05, 0.1) is 11.3 Å². The molecule has 1 aromatic carbocycles. The maximum absolute atomic E-state index is 12.2. The van der Waals surface area contributed by atoms with Crippen LogP contribution < -0.4 is 10.5 Å². The first kappa shape index (κ1) is 15.8. The van der Waals surface area contributed by atoms with Crippen LogP contribution in [0, 0.1) is 0 Å². The first-order valence-electron chi connectivity index (χ1n) is 4.18. The summed E-state index contributed by atoms with van der Waals surface area (Å²) >= 11 is 0. The van der Waals surface area contributed by atoms with Gasteiger partial charge in [-0.15, -0.1) is 12.4 Å². The molecular weight excluding hydrogens is 269 g/mol. The summed E-state index contributed by atoms with van der Waals surface area (Å²) in [5, 5.41) is 0. The topological polar surface area (TPSA) is 35.2 Å². The van der Waals surface area contributed by atoms with E-state index < -0.39 is 24.8 Å². The number of hydrogen-bond donors (Lipinski definition) is 1. The Kier molecular flexibility index (Phi) is 5.47. The average Bonchev–Trinajstić information content (AvgIpc) is 2.14. The molecule has 98 valence electrons. The fourth-order valence-corrected chi connectivity index (χ4v) is 1.01. The van der Waals surface area contributed by atoms with Gasteiger partial charge < -0.3 is 10.5 Å². The largest absolute Gasteiger partial charge is 0.485 e. The molecule has 17 heavy (non-hydrogen) atoms. The van der Waals surface area contributed by atoms with Crippen LogP contribution in [0.1, 0.15) is 5.56 Å². The first-order valence-corrected chi connectivity index (χ1v) is 4.18. The molecule has 0 unspecified atom stereocenters. The number of benzene rings is 1. The Labute approximate surface area is 100.0 Å². The highest BCUT2D eigenvalue weighted by Gasteiger charge is 2.30. The van der Waals surface area contributed by atoms with Gasteiger partial charge in [0, 0.05) is 0 Å². The lowest BCUT2D eigenvalue weighted by Crippen LogP contribution is -2.10. The fourth-order valence-electron chi connectivity index (χ4n) is 1.01. The Hall–Kier alpha value is -1.24. The quantitative estimate of drug-likeness (QED) is 0.679. The van der Waals surface area contributed by atoms with Crippen molar-refractivity contribution >= 4 is 18.1 Å². The number of nitrogens with two attached hydrogens (primary N) is 1. The van der Waals surface area contributed by atoms with Crippen LogP contribution in [0.2, 0.25) is 0 Å². The van der Waals surface area contributed by atoms with E-state index in [2.05, 4.69) is 4.74 Å². The molecule has 0 aliphatic rings. The zero-order valence-corrected chi connectivity index (χ0v) is 9.12. The summed E-state index contributed by atoms with van der Waals surface area (Å²) in [5.41, 5.74) is 3.96. The van der Waals surface area contributed by atoms with E-state index in [-0.39, 0.29) is 23.8 Å². The number of rotatable bonds is 3. The Balaban J connectivity index is 0.00000256. The summed E-state index contributed by atoms with van der Waals surface area (Å²) in [6, 6.07) is 2.28. The zero-order valence-electron chi connectivity index (χ0n) is 8.30. The van der Waals surface area contributed by atoms with Gasteiger partial charge in [-0.1, -0.05) is 0 Å². The van der Waals surface area contributed by atoms with E-state index in [1.165, 1.54) is 0 Å². The smallest absolute Gasteiger partial charge is 0.416 e. The summed E-state index contributed by atoms with van der Waals surface area (Å²) in [6.07, 6.45) is -7.23. The van der Waals surface area contributed by atoms with Gasteiger partial charge in [0.25, 0.3) is 6.43 Å². The van der Waals surface area contributed by atoms with Crippen molar-refractivity contribution in [3.05, 3.63) is 23.8 Å². The third-order valence-corrected chi connectivity index (χ3v) is 1.70. The van der Waals surface area contributed by atoms with Crippen molar-refractivity contribution in [2.24, 2.45) is 0 Å². The molecule has 1 rings (SSSR count). The van der Waals surface area contributed by atoms with E-state index in [4.69, 9.17) is 5.73 Å². The van der Waals surface area contributed by atoms with Gasteiger partial charge in [-0.2, -0.15) is 13.2 Å². The van der Waals surface area contributed by atoms with E-state index >= 15 is 0 Å². The molecule has 0 aromatic heterocycles. The van der Waals surface area contributed by atoms with Gasteiger partial charge in [-0.05, 0) is 18.2 Å². The molecule has 0 bridgehead atoms. The molecular formula is C9H9ClF5NO. The third-order valence-electron chi connectivity index (χ3n) is 1.70. The van der Waals surface area contributed by atoms with E-state index in [0.717, 1.165) is 12.1 Å². The van der Waals surface area contributed by atoms with Crippen LogP contribution in [-0.2, 0) is 6.18 Å². The van der Waals surface area contributed by atoms with Crippen LogP contribution in [-0.4, -0.2) is 13.0 Å². The molecule has 0 saturated heterocycles. The molecule has 2 nitrogen and oxygen atoms in total. The molecule has 8 heteroatoms. The number of ether oxygens (including phenoxy) is 1. The van der Waals surface area contributed by atoms with Gasteiger partial charge in [-0.3, -0.25) is 0 Å². The minimum atomic E-state index is -4.52. The van der Waals surface area contributed by atoms with Gasteiger partial charge in [0.2, 0.25) is 0 Å². The maximum Gasteiger partial charge on any atom is 0.416 e. The van der Waals surface area contributed by atoms with Crippen LogP contribution in [0.3, 0.4) is 0 Å². The van der Waals surface area contributed by atoms with Crippen LogP contribution in [0.25, 0.3) is 0 Å². The second-order valence-electron chi connectivity index (χ2n) is 2.95. The summed E-state index contributed by atoms with van der Waals surface area (Å²) in [4.78, 5) is 0. The minimum Gasteiger partial charge on any atom is -0.485 e. The number of alkyl halides is 5. The Bertz CT molecular complexity index is 369. The van der Waals surface area contributed by atoms with Crippen molar-refractivity contribution in [2.45, 2.75) is 12.6 Å². The molecule has 0 radical (unpaired) electrons. The van der Waals surface area contributed by atoms with Crippen molar-refractivity contribution in [3.8, 4) is 5.75 Å². The lowest BCUT2D eigenvalue weighted by molar-refractivity contribution is -0.137. The molecule has 0 atom stereocenters. The molecule has 0 saturated carbocycles. The highest BCUT2D eigenvalue weighted by atomic mass is 35.5. The molecule has 0 spiro atoms. The van der Waals surface area contributed by atoms with Crippen molar-refractivity contribution in [1.82, 2.24) is 0 Å². The van der Waals surface area contributed by atoms with Crippen molar-refractivity contribution < 1.29 is 26.7 Å². The van der Waals surface area contributed by atoms with E-state index in [1.54, 1.807) is 0 Å². The van der Waals surface area contributed by atoms with Crippen molar-refractivity contribution in [3.63, 3.8) is 0 Å². The van der Waals surface area contributed by atoms with Crippen molar-refractivity contribution in [2.75, 3.05) is 12.3 Å². The molecule has 1 aromatic rings. The molecule has 0 amide bonds. The van der Waals surface area contributed by atoms with Gasteiger partial charge >= 0.3 is 6.18 Å². The van der Waals surface area contributed by atoms with Crippen LogP contribution in [0.15, 0.2) is 18.2 Å². The highest BCUT2D eigenvalue weighted by Crippen LogP contribution is 2.33. The molecule has 0 aliphatic carbocycles. The Morgan fingerprint density at radius 3 is 2.24 bits per heavy atom. The summed E-state index contributed by atoms with van der Waals surface area (Å²) < 4.78 is 64.7. The Morgan fingerprint density at radius 2 is 1.82 bits per heavy atom. The monoisotopic (exact) mass is 277 g/mol. The molecule has 0 heterocycles.